The van der Waals surface area contributed by atoms with Crippen LogP contribution in [0.2, 0.25) is 0 Å². The highest BCUT2D eigenvalue weighted by Gasteiger charge is 2.23. The third-order valence-corrected chi connectivity index (χ3v) is 8.59. The molecule has 9 heteroatoms. The normalized spacial score (nSPS) is 14.6. The van der Waals surface area contributed by atoms with Gasteiger partial charge in [0.1, 0.15) is 11.6 Å². The molecule has 2 aliphatic rings. The molecule has 0 spiro atoms. The van der Waals surface area contributed by atoms with Crippen molar-refractivity contribution in [2.24, 2.45) is 18.1 Å². The topological polar surface area (TPSA) is 98.3 Å². The number of fused-ring (bicyclic) bond motifs is 1. The van der Waals surface area contributed by atoms with Crippen molar-refractivity contribution in [2.45, 2.75) is 77.7 Å². The fourth-order valence-corrected chi connectivity index (χ4v) is 5.71. The first-order valence-corrected chi connectivity index (χ1v) is 16.8. The van der Waals surface area contributed by atoms with Crippen LogP contribution in [0.25, 0.3) is 0 Å². The number of carbonyl (C=O) groups excluding carboxylic acids is 1. The average molecular weight is 621 g/mol. The third-order valence-electron chi connectivity index (χ3n) is 7.68. The van der Waals surface area contributed by atoms with E-state index >= 15 is 0 Å². The maximum atomic E-state index is 13.5. The van der Waals surface area contributed by atoms with Crippen molar-refractivity contribution in [3.05, 3.63) is 113 Å². The van der Waals surface area contributed by atoms with E-state index in [1.807, 2.05) is 36.6 Å². The van der Waals surface area contributed by atoms with Crippen molar-refractivity contribution in [1.82, 2.24) is 9.55 Å². The smallest absolute Gasteiger partial charge is 0.238 e. The second-order valence-electron chi connectivity index (χ2n) is 10.9. The summed E-state index contributed by atoms with van der Waals surface area (Å²) in [6.45, 7) is 8.10. The van der Waals surface area contributed by atoms with Crippen LogP contribution in [0.15, 0.2) is 89.6 Å². The van der Waals surface area contributed by atoms with E-state index in [9.17, 15) is 17.6 Å². The first-order valence-electron chi connectivity index (χ1n) is 15.2. The molecule has 2 aromatic carbocycles. The zero-order valence-electron chi connectivity index (χ0n) is 26.5. The van der Waals surface area contributed by atoms with Gasteiger partial charge in [-0.15, -0.1) is 0 Å². The minimum atomic E-state index is -3.71. The van der Waals surface area contributed by atoms with E-state index in [0.717, 1.165) is 42.9 Å². The van der Waals surface area contributed by atoms with Crippen LogP contribution in [0.5, 0.6) is 0 Å². The SMILES string of the molecule is CC.C[C@@H](CC(=O)N(Cc1nccn1C)c1ccc2c(c1)CCCC2)C1=CC=CCC=C1.Cc1cc(S(N)(=O)=O)ccc1F. The molecule has 0 unspecified atom stereocenters. The van der Waals surface area contributed by atoms with Crippen molar-refractivity contribution in [2.75, 3.05) is 4.90 Å². The van der Waals surface area contributed by atoms with Gasteiger partial charge in [0.05, 0.1) is 11.4 Å². The number of imidazole rings is 1. The zero-order chi connectivity index (χ0) is 32.3. The molecular formula is C35H45FN4O3S. The van der Waals surface area contributed by atoms with Crippen molar-refractivity contribution >= 4 is 21.6 Å². The molecule has 0 bridgehead atoms. The summed E-state index contributed by atoms with van der Waals surface area (Å²) in [5.74, 6) is 0.759. The summed E-state index contributed by atoms with van der Waals surface area (Å²) in [6.07, 6.45) is 20.6. The molecule has 1 heterocycles. The van der Waals surface area contributed by atoms with E-state index in [-0.39, 0.29) is 22.3 Å². The second-order valence-corrected chi connectivity index (χ2v) is 12.4. The van der Waals surface area contributed by atoms with Gasteiger partial charge in [0, 0.05) is 31.5 Å². The first-order chi connectivity index (χ1) is 21.0. The van der Waals surface area contributed by atoms with E-state index in [0.29, 0.717) is 13.0 Å². The fourth-order valence-electron chi connectivity index (χ4n) is 5.11. The quantitative estimate of drug-likeness (QED) is 0.304. The number of rotatable bonds is 7. The number of hydrogen-bond acceptors (Lipinski definition) is 4. The number of nitrogens with two attached hydrogens (primary N) is 1. The number of anilines is 1. The lowest BCUT2D eigenvalue weighted by Gasteiger charge is -2.26. The maximum Gasteiger partial charge on any atom is 0.238 e. The number of sulfonamides is 1. The Morgan fingerprint density at radius 3 is 2.48 bits per heavy atom. The summed E-state index contributed by atoms with van der Waals surface area (Å²) in [6, 6.07) is 9.97. The number of aryl methyl sites for hydroxylation is 4. The number of amides is 1. The Balaban J connectivity index is 0.000000317. The number of nitrogens with zero attached hydrogens (tertiary/aromatic N) is 3. The van der Waals surface area contributed by atoms with E-state index in [1.165, 1.54) is 42.5 Å². The molecule has 236 valence electrons. The van der Waals surface area contributed by atoms with Gasteiger partial charge < -0.3 is 9.47 Å². The Kier molecular flexibility index (Phi) is 12.8. The van der Waals surface area contributed by atoms with Crippen molar-refractivity contribution < 1.29 is 17.6 Å². The van der Waals surface area contributed by atoms with Crippen molar-refractivity contribution in [1.29, 1.82) is 0 Å². The molecule has 44 heavy (non-hydrogen) atoms. The Hall–Kier alpha value is -3.82. The molecule has 0 fully saturated rings. The van der Waals surface area contributed by atoms with Crippen LogP contribution >= 0.6 is 0 Å². The van der Waals surface area contributed by atoms with Gasteiger partial charge in [-0.05, 0) is 97.5 Å². The molecule has 0 saturated heterocycles. The molecular weight excluding hydrogens is 575 g/mol. The lowest BCUT2D eigenvalue weighted by Crippen LogP contribution is -2.33. The van der Waals surface area contributed by atoms with Crippen LogP contribution in [0, 0.1) is 18.7 Å². The minimum absolute atomic E-state index is 0.0681. The van der Waals surface area contributed by atoms with Gasteiger partial charge in [-0.2, -0.15) is 0 Å². The van der Waals surface area contributed by atoms with E-state index in [4.69, 9.17) is 5.14 Å². The molecule has 5 rings (SSSR count). The van der Waals surface area contributed by atoms with E-state index < -0.39 is 15.8 Å². The molecule has 1 amide bonds. The van der Waals surface area contributed by atoms with Crippen LogP contribution in [0.3, 0.4) is 0 Å². The zero-order valence-corrected chi connectivity index (χ0v) is 27.3. The number of halogens is 1. The standard InChI is InChI=1S/C26H31N3O.C7H8FNO2S.C2H6/c1-20(21-9-5-3-4-6-10-21)17-26(30)29(19-25-27-15-16-28(25)2)24-14-13-22-11-7-8-12-23(22)18-24;1-5-4-6(12(9,10)11)2-3-7(5)8;1-2/h3,5-6,9-10,13-16,18,20H,4,7-8,11-12,17,19H2,1-2H3;2-4H,1H3,(H2,9,10,11);1-2H3/t20-;;/m0../s1. The van der Waals surface area contributed by atoms with Gasteiger partial charge in [-0.1, -0.05) is 57.2 Å². The van der Waals surface area contributed by atoms with Gasteiger partial charge in [-0.3, -0.25) is 4.79 Å². The number of aromatic nitrogens is 2. The second kappa shape index (κ2) is 16.3. The highest BCUT2D eigenvalue weighted by Crippen LogP contribution is 2.29. The predicted octanol–water partition coefficient (Wildman–Crippen LogP) is 7.11. The van der Waals surface area contributed by atoms with E-state index in [2.05, 4.69) is 60.5 Å². The largest absolute Gasteiger partial charge is 0.337 e. The van der Waals surface area contributed by atoms with Gasteiger partial charge in [-0.25, -0.2) is 22.9 Å². The Labute approximate surface area is 262 Å². The molecule has 0 saturated carbocycles. The Morgan fingerprint density at radius 2 is 1.82 bits per heavy atom. The summed E-state index contributed by atoms with van der Waals surface area (Å²) >= 11 is 0. The number of hydrogen-bond donors (Lipinski definition) is 1. The molecule has 1 aromatic heterocycles. The van der Waals surface area contributed by atoms with Crippen LogP contribution in [-0.2, 0) is 41.3 Å². The summed E-state index contributed by atoms with van der Waals surface area (Å²) < 4.78 is 36.1. The van der Waals surface area contributed by atoms with Gasteiger partial charge in [0.15, 0.2) is 0 Å². The molecule has 3 aromatic rings. The number of primary sulfonamides is 1. The minimum Gasteiger partial charge on any atom is -0.337 e. The summed E-state index contributed by atoms with van der Waals surface area (Å²) in [4.78, 5) is 19.8. The van der Waals surface area contributed by atoms with Crippen LogP contribution in [0.1, 0.15) is 69.0 Å². The predicted molar refractivity (Wildman–Crippen MR) is 176 cm³/mol. The fraction of sp³-hybridized carbons (Fsp3) is 0.371. The first kappa shape index (κ1) is 34.7. The monoisotopic (exact) mass is 620 g/mol. The average Bonchev–Trinajstić information content (AvgIpc) is 3.23. The maximum absolute atomic E-state index is 13.5. The van der Waals surface area contributed by atoms with Crippen LogP contribution in [0.4, 0.5) is 10.1 Å². The van der Waals surface area contributed by atoms with Gasteiger partial charge in [0.25, 0.3) is 0 Å². The van der Waals surface area contributed by atoms with Gasteiger partial charge in [0.2, 0.25) is 15.9 Å². The molecule has 1 atom stereocenters. The molecule has 2 aliphatic carbocycles. The highest BCUT2D eigenvalue weighted by molar-refractivity contribution is 7.89. The van der Waals surface area contributed by atoms with Gasteiger partial charge >= 0.3 is 0 Å². The number of carbonyl (C=O) groups is 1. The lowest BCUT2D eigenvalue weighted by molar-refractivity contribution is -0.119. The summed E-state index contributed by atoms with van der Waals surface area (Å²) in [5.41, 5.74) is 5.29. The van der Waals surface area contributed by atoms with Crippen LogP contribution < -0.4 is 10.0 Å². The van der Waals surface area contributed by atoms with Crippen molar-refractivity contribution in [3.8, 4) is 0 Å². The Morgan fingerprint density at radius 1 is 1.09 bits per heavy atom. The molecule has 0 aliphatic heterocycles. The number of benzene rings is 2. The molecule has 0 radical (unpaired) electrons. The van der Waals surface area contributed by atoms with E-state index in [1.54, 1.807) is 6.20 Å². The third kappa shape index (κ3) is 9.59. The lowest BCUT2D eigenvalue weighted by atomic mass is 9.91. The molecule has 7 nitrogen and oxygen atoms in total. The van der Waals surface area contributed by atoms with Crippen molar-refractivity contribution in [3.63, 3.8) is 0 Å². The van der Waals surface area contributed by atoms with Crippen LogP contribution in [-0.4, -0.2) is 23.9 Å². The highest BCUT2D eigenvalue weighted by atomic mass is 32.2. The summed E-state index contributed by atoms with van der Waals surface area (Å²) in [5, 5.41) is 4.83. The summed E-state index contributed by atoms with van der Waals surface area (Å²) in [7, 11) is -1.73. The Bertz CT molecular complexity index is 1620. The molecule has 2 N–H and O–H groups in total. The number of allylic oxidation sites excluding steroid dienone is 6.